The molecule has 0 aliphatic heterocycles. The standard InChI is InChI=1S/C15H23N7O3/c1-15(2,3)18-12(23)9-25-13-10(6-5-7-11(13)24-4)8-17-22-14(16)19-20-21-22/h5-7,17H,8-9H2,1-4H3,(H,18,23)(H2,16,19,21). The highest BCUT2D eigenvalue weighted by Crippen LogP contribution is 2.31. The number of carbonyl (C=O) groups excluding carboxylic acids is 1. The molecule has 0 aliphatic rings. The van der Waals surface area contributed by atoms with Crippen LogP contribution in [-0.4, -0.2) is 45.5 Å². The summed E-state index contributed by atoms with van der Waals surface area (Å²) in [6.07, 6.45) is 0. The van der Waals surface area contributed by atoms with Crippen molar-refractivity contribution in [3.8, 4) is 11.5 Å². The Hall–Kier alpha value is -3.04. The first-order valence-corrected chi connectivity index (χ1v) is 7.67. The van der Waals surface area contributed by atoms with Crippen molar-refractivity contribution >= 4 is 11.9 Å². The van der Waals surface area contributed by atoms with E-state index in [1.807, 2.05) is 32.9 Å². The fraction of sp³-hybridized carbons (Fsp3) is 0.467. The first kappa shape index (κ1) is 18.3. The number of anilines is 1. The van der Waals surface area contributed by atoms with Crippen LogP contribution >= 0.6 is 0 Å². The van der Waals surface area contributed by atoms with Crippen molar-refractivity contribution in [2.45, 2.75) is 32.9 Å². The molecule has 1 aromatic carbocycles. The lowest BCUT2D eigenvalue weighted by Crippen LogP contribution is -2.43. The molecule has 0 aliphatic carbocycles. The fourth-order valence-electron chi connectivity index (χ4n) is 2.08. The molecular formula is C15H23N7O3. The monoisotopic (exact) mass is 349 g/mol. The van der Waals surface area contributed by atoms with E-state index in [1.165, 1.54) is 11.9 Å². The summed E-state index contributed by atoms with van der Waals surface area (Å²) in [6, 6.07) is 5.42. The van der Waals surface area contributed by atoms with Crippen molar-refractivity contribution < 1.29 is 14.3 Å². The Balaban J connectivity index is 2.09. The summed E-state index contributed by atoms with van der Waals surface area (Å²) in [7, 11) is 1.54. The second-order valence-corrected chi connectivity index (χ2v) is 6.32. The molecule has 25 heavy (non-hydrogen) atoms. The van der Waals surface area contributed by atoms with Gasteiger partial charge in [0.15, 0.2) is 18.1 Å². The highest BCUT2D eigenvalue weighted by atomic mass is 16.5. The largest absolute Gasteiger partial charge is 0.493 e. The average Bonchev–Trinajstić information content (AvgIpc) is 2.94. The minimum Gasteiger partial charge on any atom is -0.493 e. The molecule has 0 saturated carbocycles. The molecule has 136 valence electrons. The van der Waals surface area contributed by atoms with Gasteiger partial charge in [0.2, 0.25) is 0 Å². The summed E-state index contributed by atoms with van der Waals surface area (Å²) >= 11 is 0. The van der Waals surface area contributed by atoms with Crippen LogP contribution in [0.3, 0.4) is 0 Å². The number of rotatable bonds is 7. The van der Waals surface area contributed by atoms with Crippen LogP contribution in [0, 0.1) is 0 Å². The van der Waals surface area contributed by atoms with E-state index >= 15 is 0 Å². The molecule has 0 radical (unpaired) electrons. The van der Waals surface area contributed by atoms with Gasteiger partial charge in [0.25, 0.3) is 11.9 Å². The van der Waals surface area contributed by atoms with E-state index < -0.39 is 0 Å². The molecule has 0 saturated heterocycles. The Bertz CT molecular complexity index is 724. The maximum Gasteiger partial charge on any atom is 0.260 e. The zero-order chi connectivity index (χ0) is 18.4. The molecule has 0 bridgehead atoms. The number of nitrogen functional groups attached to an aromatic ring is 1. The zero-order valence-electron chi connectivity index (χ0n) is 14.7. The Morgan fingerprint density at radius 2 is 2.12 bits per heavy atom. The molecule has 4 N–H and O–H groups in total. The molecule has 2 rings (SSSR count). The van der Waals surface area contributed by atoms with E-state index in [0.29, 0.717) is 18.0 Å². The number of ether oxygens (including phenoxy) is 2. The van der Waals surface area contributed by atoms with Crippen molar-refractivity contribution in [1.29, 1.82) is 0 Å². The van der Waals surface area contributed by atoms with Gasteiger partial charge in [-0.1, -0.05) is 17.2 Å². The van der Waals surface area contributed by atoms with Gasteiger partial charge in [-0.15, -0.1) is 4.79 Å². The predicted octanol–water partition coefficient (Wildman–Crippen LogP) is 0.301. The minimum atomic E-state index is -0.330. The molecule has 0 fully saturated rings. The van der Waals surface area contributed by atoms with Gasteiger partial charge in [-0.05, 0) is 37.3 Å². The molecular weight excluding hydrogens is 326 g/mol. The van der Waals surface area contributed by atoms with E-state index in [4.69, 9.17) is 15.2 Å². The van der Waals surface area contributed by atoms with E-state index in [2.05, 4.69) is 26.3 Å². The fourth-order valence-corrected chi connectivity index (χ4v) is 2.08. The molecule has 2 aromatic rings. The molecule has 1 amide bonds. The lowest BCUT2D eigenvalue weighted by molar-refractivity contribution is -0.124. The second kappa shape index (κ2) is 7.69. The van der Waals surface area contributed by atoms with Crippen molar-refractivity contribution in [3.05, 3.63) is 23.8 Å². The summed E-state index contributed by atoms with van der Waals surface area (Å²) in [4.78, 5) is 13.2. The molecule has 1 aromatic heterocycles. The number of hydrogen-bond donors (Lipinski definition) is 3. The van der Waals surface area contributed by atoms with Crippen LogP contribution < -0.4 is 25.9 Å². The van der Waals surface area contributed by atoms with Gasteiger partial charge in [-0.3, -0.25) is 4.79 Å². The number of nitrogens with zero attached hydrogens (tertiary/aromatic N) is 4. The number of amides is 1. The Labute approximate surface area is 145 Å². The topological polar surface area (TPSA) is 129 Å². The van der Waals surface area contributed by atoms with Crippen molar-refractivity contribution in [2.24, 2.45) is 0 Å². The van der Waals surface area contributed by atoms with Crippen molar-refractivity contribution in [1.82, 2.24) is 25.6 Å². The van der Waals surface area contributed by atoms with Gasteiger partial charge in [0, 0.05) is 11.1 Å². The van der Waals surface area contributed by atoms with Gasteiger partial charge in [0.1, 0.15) is 0 Å². The highest BCUT2D eigenvalue weighted by Gasteiger charge is 2.17. The van der Waals surface area contributed by atoms with E-state index in [1.54, 1.807) is 6.07 Å². The van der Waals surface area contributed by atoms with Gasteiger partial charge >= 0.3 is 0 Å². The second-order valence-electron chi connectivity index (χ2n) is 6.32. The Morgan fingerprint density at radius 1 is 1.36 bits per heavy atom. The maximum atomic E-state index is 12.0. The third-order valence-corrected chi connectivity index (χ3v) is 3.06. The lowest BCUT2D eigenvalue weighted by Gasteiger charge is -2.21. The highest BCUT2D eigenvalue weighted by molar-refractivity contribution is 5.78. The van der Waals surface area contributed by atoms with Crippen molar-refractivity contribution in [3.63, 3.8) is 0 Å². The van der Waals surface area contributed by atoms with Gasteiger partial charge in [0.05, 0.1) is 13.7 Å². The predicted molar refractivity (Wildman–Crippen MR) is 91.7 cm³/mol. The van der Waals surface area contributed by atoms with Crippen LogP contribution in [0.1, 0.15) is 26.3 Å². The summed E-state index contributed by atoms with van der Waals surface area (Å²) in [5, 5.41) is 13.6. The summed E-state index contributed by atoms with van der Waals surface area (Å²) < 4.78 is 11.0. The number of para-hydroxylation sites is 1. The normalized spacial score (nSPS) is 11.0. The SMILES string of the molecule is COc1cccc(CNn2nnnc2N)c1OCC(=O)NC(C)(C)C. The van der Waals surface area contributed by atoms with E-state index in [-0.39, 0.29) is 24.0 Å². The van der Waals surface area contributed by atoms with Gasteiger partial charge in [-0.25, -0.2) is 0 Å². The van der Waals surface area contributed by atoms with Gasteiger partial charge in [-0.2, -0.15) is 0 Å². The minimum absolute atomic E-state index is 0.127. The molecule has 1 heterocycles. The van der Waals surface area contributed by atoms with E-state index in [9.17, 15) is 4.79 Å². The number of methoxy groups -OCH3 is 1. The number of benzene rings is 1. The molecule has 0 spiro atoms. The van der Waals surface area contributed by atoms with Crippen LogP contribution in [-0.2, 0) is 11.3 Å². The summed E-state index contributed by atoms with van der Waals surface area (Å²) in [5.74, 6) is 0.901. The molecule has 10 nitrogen and oxygen atoms in total. The Kier molecular flexibility index (Phi) is 5.63. The first-order valence-electron chi connectivity index (χ1n) is 7.67. The number of carbonyl (C=O) groups is 1. The number of nitrogens with two attached hydrogens (primary N) is 1. The third kappa shape index (κ3) is 5.23. The van der Waals surface area contributed by atoms with Crippen LogP contribution in [0.4, 0.5) is 5.95 Å². The quantitative estimate of drug-likeness (QED) is 0.651. The van der Waals surface area contributed by atoms with Gasteiger partial charge < -0.3 is 25.9 Å². The zero-order valence-corrected chi connectivity index (χ0v) is 14.7. The van der Waals surface area contributed by atoms with E-state index in [0.717, 1.165) is 5.56 Å². The lowest BCUT2D eigenvalue weighted by atomic mass is 10.1. The van der Waals surface area contributed by atoms with Crippen LogP contribution in [0.2, 0.25) is 0 Å². The molecule has 0 atom stereocenters. The number of nitrogens with one attached hydrogen (secondary N) is 2. The first-order chi connectivity index (χ1) is 11.8. The maximum absolute atomic E-state index is 12.0. The Morgan fingerprint density at radius 3 is 2.72 bits per heavy atom. The number of tetrazole rings is 1. The number of aromatic nitrogens is 4. The average molecular weight is 349 g/mol. The third-order valence-electron chi connectivity index (χ3n) is 3.06. The molecule has 0 unspecified atom stereocenters. The number of hydrogen-bond acceptors (Lipinski definition) is 8. The van der Waals surface area contributed by atoms with Crippen molar-refractivity contribution in [2.75, 3.05) is 24.9 Å². The molecule has 10 heteroatoms. The van der Waals surface area contributed by atoms with Crippen LogP contribution in [0.5, 0.6) is 11.5 Å². The summed E-state index contributed by atoms with van der Waals surface area (Å²) in [5.41, 5.74) is 8.99. The summed E-state index contributed by atoms with van der Waals surface area (Å²) in [6.45, 7) is 5.90. The smallest absolute Gasteiger partial charge is 0.260 e. The van der Waals surface area contributed by atoms with Crippen LogP contribution in [0.15, 0.2) is 18.2 Å². The van der Waals surface area contributed by atoms with Crippen LogP contribution in [0.25, 0.3) is 0 Å².